The maximum absolute atomic E-state index is 5.71. The normalized spacial score (nSPS) is 14.8. The quantitative estimate of drug-likeness (QED) is 0.579. The molecule has 3 N–H and O–H groups in total. The van der Waals surface area contributed by atoms with E-state index in [1.54, 1.807) is 13.3 Å². The minimum Gasteiger partial charge on any atom is -0.493 e. The van der Waals surface area contributed by atoms with E-state index in [0.29, 0.717) is 5.92 Å². The second-order valence-electron chi connectivity index (χ2n) is 5.10. The van der Waals surface area contributed by atoms with Gasteiger partial charge in [-0.2, -0.15) is 5.10 Å². The minimum absolute atomic E-state index is 0.0693. The summed E-state index contributed by atoms with van der Waals surface area (Å²) in [5, 5.41) is 4.38. The third-order valence-corrected chi connectivity index (χ3v) is 3.37. The van der Waals surface area contributed by atoms with Crippen molar-refractivity contribution in [1.29, 1.82) is 0 Å². The molecule has 1 aromatic rings. The van der Waals surface area contributed by atoms with Crippen LogP contribution in [0.2, 0.25) is 0 Å². The topological polar surface area (TPSA) is 65.1 Å². The zero-order chi connectivity index (χ0) is 13.7. The van der Waals surface area contributed by atoms with Crippen molar-refractivity contribution < 1.29 is 4.74 Å². The lowest BCUT2D eigenvalue weighted by Crippen LogP contribution is -2.31. The number of nitrogens with two attached hydrogens (primary N) is 1. The first-order chi connectivity index (χ1) is 8.54. The predicted octanol–water partition coefficient (Wildman–Crippen LogP) is 2.41. The third kappa shape index (κ3) is 3.23. The number of rotatable bonds is 7. The van der Waals surface area contributed by atoms with Gasteiger partial charge in [0.05, 0.1) is 25.0 Å². The van der Waals surface area contributed by atoms with Gasteiger partial charge in [0, 0.05) is 6.04 Å². The molecular formula is C13H26N4O. The Morgan fingerprint density at radius 2 is 2.11 bits per heavy atom. The maximum Gasteiger partial charge on any atom is 0.161 e. The van der Waals surface area contributed by atoms with Crippen LogP contribution in [0.15, 0.2) is 6.20 Å². The molecule has 1 heterocycles. The van der Waals surface area contributed by atoms with E-state index in [1.807, 2.05) is 4.68 Å². The van der Waals surface area contributed by atoms with Gasteiger partial charge in [-0.05, 0) is 26.2 Å². The molecule has 0 aliphatic carbocycles. The number of hydrazine groups is 1. The number of methoxy groups -OCH3 is 1. The van der Waals surface area contributed by atoms with Gasteiger partial charge >= 0.3 is 0 Å². The van der Waals surface area contributed by atoms with E-state index in [9.17, 15) is 0 Å². The molecule has 104 valence electrons. The number of ether oxygens (including phenoxy) is 1. The molecule has 0 aromatic carbocycles. The predicted molar refractivity (Wildman–Crippen MR) is 73.3 cm³/mol. The second kappa shape index (κ2) is 6.75. The molecule has 0 fully saturated rings. The smallest absolute Gasteiger partial charge is 0.161 e. The Kier molecular flexibility index (Phi) is 5.62. The first-order valence-corrected chi connectivity index (χ1v) is 6.62. The Morgan fingerprint density at radius 3 is 2.56 bits per heavy atom. The van der Waals surface area contributed by atoms with Crippen molar-refractivity contribution in [3.05, 3.63) is 11.9 Å². The van der Waals surface area contributed by atoms with Gasteiger partial charge < -0.3 is 4.74 Å². The fourth-order valence-electron chi connectivity index (χ4n) is 2.08. The Labute approximate surface area is 110 Å². The SMILES string of the molecule is CCC(C)CC(NN)c1c(OC)cnn1C(C)C. The van der Waals surface area contributed by atoms with Crippen LogP contribution in [0, 0.1) is 5.92 Å². The number of hydrogen-bond donors (Lipinski definition) is 2. The van der Waals surface area contributed by atoms with E-state index in [4.69, 9.17) is 10.6 Å². The monoisotopic (exact) mass is 254 g/mol. The number of aromatic nitrogens is 2. The summed E-state index contributed by atoms with van der Waals surface area (Å²) in [7, 11) is 1.67. The molecule has 0 saturated heterocycles. The zero-order valence-corrected chi connectivity index (χ0v) is 12.1. The van der Waals surface area contributed by atoms with Gasteiger partial charge in [-0.1, -0.05) is 20.3 Å². The van der Waals surface area contributed by atoms with Crippen molar-refractivity contribution in [2.75, 3.05) is 7.11 Å². The summed E-state index contributed by atoms with van der Waals surface area (Å²) in [5.74, 6) is 7.12. The Hall–Kier alpha value is -1.07. The van der Waals surface area contributed by atoms with Crippen LogP contribution in [0.5, 0.6) is 5.75 Å². The van der Waals surface area contributed by atoms with E-state index >= 15 is 0 Å². The third-order valence-electron chi connectivity index (χ3n) is 3.37. The molecule has 0 aliphatic heterocycles. The lowest BCUT2D eigenvalue weighted by atomic mass is 9.97. The van der Waals surface area contributed by atoms with Gasteiger partial charge in [0.1, 0.15) is 0 Å². The van der Waals surface area contributed by atoms with E-state index in [2.05, 4.69) is 38.2 Å². The van der Waals surface area contributed by atoms with Gasteiger partial charge in [0.15, 0.2) is 5.75 Å². The molecule has 0 aliphatic rings. The fourth-order valence-corrected chi connectivity index (χ4v) is 2.08. The molecule has 5 nitrogen and oxygen atoms in total. The van der Waals surface area contributed by atoms with Gasteiger partial charge in [-0.15, -0.1) is 0 Å². The summed E-state index contributed by atoms with van der Waals surface area (Å²) < 4.78 is 7.37. The summed E-state index contributed by atoms with van der Waals surface area (Å²) in [6, 6.07) is 0.358. The van der Waals surface area contributed by atoms with Gasteiger partial charge in [-0.25, -0.2) is 0 Å². The lowest BCUT2D eigenvalue weighted by Gasteiger charge is -2.23. The summed E-state index contributed by atoms with van der Waals surface area (Å²) in [4.78, 5) is 0. The van der Waals surface area contributed by atoms with Crippen LogP contribution >= 0.6 is 0 Å². The van der Waals surface area contributed by atoms with Crippen LogP contribution in [0.25, 0.3) is 0 Å². The number of nitrogens with zero attached hydrogens (tertiary/aromatic N) is 2. The van der Waals surface area contributed by atoms with Crippen molar-refractivity contribution in [3.8, 4) is 5.75 Å². The van der Waals surface area contributed by atoms with Crippen LogP contribution in [-0.4, -0.2) is 16.9 Å². The van der Waals surface area contributed by atoms with E-state index in [1.165, 1.54) is 0 Å². The molecule has 2 atom stereocenters. The Balaban J connectivity index is 3.05. The van der Waals surface area contributed by atoms with Crippen LogP contribution in [0.1, 0.15) is 58.3 Å². The van der Waals surface area contributed by atoms with Crippen molar-refractivity contribution in [2.45, 2.75) is 52.6 Å². The average Bonchev–Trinajstić information content (AvgIpc) is 2.79. The summed E-state index contributed by atoms with van der Waals surface area (Å²) in [5.41, 5.74) is 3.94. The highest BCUT2D eigenvalue weighted by Gasteiger charge is 2.23. The molecule has 0 bridgehead atoms. The summed E-state index contributed by atoms with van der Waals surface area (Å²) in [6.07, 6.45) is 3.87. The highest BCUT2D eigenvalue weighted by atomic mass is 16.5. The van der Waals surface area contributed by atoms with Gasteiger partial charge in [0.25, 0.3) is 0 Å². The lowest BCUT2D eigenvalue weighted by molar-refractivity contribution is 0.350. The molecule has 1 rings (SSSR count). The highest BCUT2D eigenvalue weighted by molar-refractivity contribution is 5.28. The molecule has 2 unspecified atom stereocenters. The average molecular weight is 254 g/mol. The molecule has 0 spiro atoms. The first kappa shape index (κ1) is 15.0. The van der Waals surface area contributed by atoms with E-state index < -0.39 is 0 Å². The molecular weight excluding hydrogens is 228 g/mol. The second-order valence-corrected chi connectivity index (χ2v) is 5.10. The molecule has 0 saturated carbocycles. The standard InChI is InChI=1S/C13H26N4O/c1-6-10(4)7-11(16-14)13-12(18-5)8-15-17(13)9(2)3/h8-11,16H,6-7,14H2,1-5H3. The summed E-state index contributed by atoms with van der Waals surface area (Å²) in [6.45, 7) is 8.63. The molecule has 0 amide bonds. The van der Waals surface area contributed by atoms with Crippen molar-refractivity contribution in [2.24, 2.45) is 11.8 Å². The minimum atomic E-state index is 0.0693. The summed E-state index contributed by atoms with van der Waals surface area (Å²) >= 11 is 0. The Bertz CT molecular complexity index is 362. The van der Waals surface area contributed by atoms with Crippen LogP contribution in [0.4, 0.5) is 0 Å². The van der Waals surface area contributed by atoms with Crippen LogP contribution < -0.4 is 16.0 Å². The molecule has 5 heteroatoms. The van der Waals surface area contributed by atoms with E-state index in [0.717, 1.165) is 24.3 Å². The van der Waals surface area contributed by atoms with Crippen molar-refractivity contribution >= 4 is 0 Å². The van der Waals surface area contributed by atoms with Gasteiger partial charge in [0.2, 0.25) is 0 Å². The van der Waals surface area contributed by atoms with Crippen molar-refractivity contribution in [1.82, 2.24) is 15.2 Å². The number of nitrogens with one attached hydrogen (secondary N) is 1. The highest BCUT2D eigenvalue weighted by Crippen LogP contribution is 2.31. The molecule has 18 heavy (non-hydrogen) atoms. The van der Waals surface area contributed by atoms with Crippen LogP contribution in [0.3, 0.4) is 0 Å². The zero-order valence-electron chi connectivity index (χ0n) is 12.1. The van der Waals surface area contributed by atoms with Crippen molar-refractivity contribution in [3.63, 3.8) is 0 Å². The Morgan fingerprint density at radius 1 is 1.44 bits per heavy atom. The maximum atomic E-state index is 5.71. The molecule has 0 radical (unpaired) electrons. The van der Waals surface area contributed by atoms with Crippen LogP contribution in [-0.2, 0) is 0 Å². The molecule has 1 aromatic heterocycles. The largest absolute Gasteiger partial charge is 0.493 e. The first-order valence-electron chi connectivity index (χ1n) is 6.62. The van der Waals surface area contributed by atoms with Gasteiger partial charge in [-0.3, -0.25) is 16.0 Å². The number of hydrogen-bond acceptors (Lipinski definition) is 4. The fraction of sp³-hybridized carbons (Fsp3) is 0.769. The van der Waals surface area contributed by atoms with E-state index in [-0.39, 0.29) is 12.1 Å².